The van der Waals surface area contributed by atoms with Crippen LogP contribution in [0.2, 0.25) is 0 Å². The quantitative estimate of drug-likeness (QED) is 0.100. The van der Waals surface area contributed by atoms with Crippen LogP contribution in [-0.2, 0) is 6.42 Å². The fraction of sp³-hybridized carbons (Fsp3) is 0.0153. The Labute approximate surface area is 834 Å². The zero-order chi connectivity index (χ0) is 95.9. The minimum Gasteiger partial charge on any atom is -0.296 e. The molecular weight excluding hydrogens is 1770 g/mol. The van der Waals surface area contributed by atoms with E-state index in [4.69, 9.17) is 34.9 Å². The Hall–Kier alpha value is -19.6. The Balaban J connectivity index is 0.000000110. The van der Waals surface area contributed by atoms with Crippen molar-refractivity contribution < 1.29 is 0 Å². The average Bonchev–Trinajstić information content (AvgIpc) is 1.59. The zero-order valence-corrected chi connectivity index (χ0v) is 78.9. The molecule has 0 fully saturated rings. The van der Waals surface area contributed by atoms with E-state index in [0.29, 0.717) is 34.9 Å². The molecule has 0 aliphatic heterocycles. The number of aryl methyl sites for hydroxylation is 1. The maximum atomic E-state index is 5.09. The number of fused-ring (bicyclic) bond motifs is 18. The highest BCUT2D eigenvalue weighted by Gasteiger charge is 2.30. The Morgan fingerprint density at radius 1 is 0.159 bits per heavy atom. The predicted molar refractivity (Wildman–Crippen MR) is 595 cm³/mol. The zero-order valence-electron chi connectivity index (χ0n) is 78.9. The molecule has 0 amide bonds. The van der Waals surface area contributed by atoms with Crippen molar-refractivity contribution in [3.8, 4) is 136 Å². The molecular formula is C131H88N14. The molecule has 0 unspecified atom stereocenters. The minimum absolute atomic E-state index is 0.644. The smallest absolute Gasteiger partial charge is 0.164 e. The predicted octanol–water partition coefficient (Wildman–Crippen LogP) is 32.4. The highest BCUT2D eigenvalue weighted by molar-refractivity contribution is 6.17. The van der Waals surface area contributed by atoms with Gasteiger partial charge >= 0.3 is 0 Å². The van der Waals surface area contributed by atoms with Crippen molar-refractivity contribution in [3.63, 3.8) is 0 Å². The van der Waals surface area contributed by atoms with Gasteiger partial charge in [-0.1, -0.05) is 383 Å². The Kier molecular flexibility index (Phi) is 20.9. The molecule has 682 valence electrons. The lowest BCUT2D eigenvalue weighted by molar-refractivity contribution is 0.908. The van der Waals surface area contributed by atoms with E-state index < -0.39 is 0 Å². The maximum absolute atomic E-state index is 5.09. The largest absolute Gasteiger partial charge is 0.296 e. The van der Waals surface area contributed by atoms with Crippen molar-refractivity contribution in [2.75, 3.05) is 0 Å². The summed E-state index contributed by atoms with van der Waals surface area (Å²) >= 11 is 0. The number of benzene rings is 20. The first-order chi connectivity index (χ1) is 72.0. The number of para-hydroxylation sites is 14. The molecule has 14 nitrogen and oxygen atoms in total. The molecule has 9 heterocycles. The Morgan fingerprint density at radius 3 is 0.772 bits per heavy atom. The van der Waals surface area contributed by atoms with Crippen LogP contribution in [0, 0.1) is 0 Å². The van der Waals surface area contributed by atoms with Gasteiger partial charge in [-0.05, 0) is 177 Å². The molecule has 145 heavy (non-hydrogen) atoms. The van der Waals surface area contributed by atoms with Crippen LogP contribution >= 0.6 is 0 Å². The molecule has 0 saturated heterocycles. The van der Waals surface area contributed by atoms with Gasteiger partial charge in [-0.15, -0.1) is 0 Å². The van der Waals surface area contributed by atoms with Gasteiger partial charge in [0.25, 0.3) is 0 Å². The topological polar surface area (TPSA) is 123 Å². The summed E-state index contributed by atoms with van der Waals surface area (Å²) in [5.74, 6) is 4.96. The van der Waals surface area contributed by atoms with E-state index in [9.17, 15) is 0 Å². The van der Waals surface area contributed by atoms with E-state index >= 15 is 0 Å². The van der Waals surface area contributed by atoms with Crippen molar-refractivity contribution in [1.82, 2.24) is 66.4 Å². The SMILES string of the molecule is CCc1nc2ccccc2n1-c1ccc(-c2c3ccccc3n3c4ccccc4n(-c4ccccc4)c23)cc1.c1ccc(-c2nc(-c3ccccc3)nc(-c3ccc(-c4c5ccccc5n5c6ccccc6n(-c6ccccc6)c45)c4ccccc34)n2)cc1.c1ccc(-c2nc(-c3ccccc3)nc(-c3ccc(-c4ccc(-c5c6ccccc6n6c7ccccc7n(-c7ccccc7)c56)cc4)c4ccccc34)n2)cc1. The fourth-order valence-corrected chi connectivity index (χ4v) is 21.8. The number of hydrogen-bond acceptors (Lipinski definition) is 7. The van der Waals surface area contributed by atoms with E-state index in [1.165, 1.54) is 93.8 Å². The summed E-state index contributed by atoms with van der Waals surface area (Å²) in [4.78, 5) is 35.1. The van der Waals surface area contributed by atoms with Gasteiger partial charge < -0.3 is 0 Å². The highest BCUT2D eigenvalue weighted by atomic mass is 15.2. The standard InChI is InChI=1S/C51H33N5.C45H29N5.C35H26N4/c1-4-16-36(17-5-1)48-52-49(37-18-6-2-7-19-37)54-50(53-48)42-33-32-39(40-22-10-11-23-41(40)42)34-28-30-35(31-29-34)47-43-24-12-13-25-44(43)56-46-27-15-14-26-45(46)55(51(47)56)38-20-8-3-9-21-38;1-4-16-30(17-5-1)42-46-43(31-18-6-2-7-19-31)48-44(47-42)36-29-28-35(33-22-10-11-23-34(33)36)41-37-24-12-13-25-38(37)50-40-27-15-14-26-39(40)49(45(41)50)32-20-8-3-9-21-32;1-2-33-36-28-15-7-9-17-30(28)37(33)26-22-20-24(21-23-26)34-27-14-6-8-16-29(27)39-32-19-11-10-18-31(32)38(35(34)39)25-12-4-3-5-13-25/h1-33H;1-29H;3-23H,2H2,1H3. The van der Waals surface area contributed by atoms with E-state index in [2.05, 4.69) is 421 Å². The van der Waals surface area contributed by atoms with E-state index in [0.717, 1.165) is 134 Å². The number of imidazole rings is 4. The molecule has 0 saturated carbocycles. The second kappa shape index (κ2) is 35.7. The molecule has 0 radical (unpaired) electrons. The van der Waals surface area contributed by atoms with Gasteiger partial charge in [0.05, 0.1) is 60.7 Å². The van der Waals surface area contributed by atoms with Gasteiger partial charge in [-0.25, -0.2) is 34.9 Å². The lowest BCUT2D eigenvalue weighted by atomic mass is 9.93. The molecule has 0 spiro atoms. The third-order valence-corrected chi connectivity index (χ3v) is 28.2. The van der Waals surface area contributed by atoms with Crippen LogP contribution in [0.5, 0.6) is 0 Å². The van der Waals surface area contributed by atoms with Crippen molar-refractivity contribution >= 4 is 115 Å². The lowest BCUT2D eigenvalue weighted by Gasteiger charge is -2.14. The normalized spacial score (nSPS) is 11.6. The lowest BCUT2D eigenvalue weighted by Crippen LogP contribution is -2.01. The molecule has 0 bridgehead atoms. The summed E-state index contributed by atoms with van der Waals surface area (Å²) in [5.41, 5.74) is 36.0. The van der Waals surface area contributed by atoms with Crippen molar-refractivity contribution in [2.45, 2.75) is 13.3 Å². The maximum Gasteiger partial charge on any atom is 0.164 e. The van der Waals surface area contributed by atoms with Crippen LogP contribution < -0.4 is 0 Å². The summed E-state index contributed by atoms with van der Waals surface area (Å²) < 4.78 is 16.7. The number of aromatic nitrogens is 14. The summed E-state index contributed by atoms with van der Waals surface area (Å²) in [7, 11) is 0. The van der Waals surface area contributed by atoms with Gasteiger partial charge in [-0.2, -0.15) is 0 Å². The van der Waals surface area contributed by atoms with Crippen molar-refractivity contribution in [2.24, 2.45) is 0 Å². The van der Waals surface area contributed by atoms with Crippen LogP contribution in [0.3, 0.4) is 0 Å². The number of rotatable bonds is 15. The summed E-state index contributed by atoms with van der Waals surface area (Å²) in [5, 5.41) is 8.12. The first kappa shape index (κ1) is 84.7. The molecule has 0 atom stereocenters. The second-order valence-electron chi connectivity index (χ2n) is 36.5. The van der Waals surface area contributed by atoms with Gasteiger partial charge in [0.2, 0.25) is 0 Å². The van der Waals surface area contributed by atoms with Gasteiger partial charge in [-0.3, -0.25) is 31.5 Å². The van der Waals surface area contributed by atoms with Crippen LogP contribution in [0.25, 0.3) is 251 Å². The minimum atomic E-state index is 0.644. The van der Waals surface area contributed by atoms with Crippen molar-refractivity contribution in [3.05, 3.63) is 509 Å². The summed E-state index contributed by atoms with van der Waals surface area (Å²) in [6, 6.07) is 177. The first-order valence-electron chi connectivity index (χ1n) is 49.2. The first-order valence-corrected chi connectivity index (χ1v) is 49.2. The van der Waals surface area contributed by atoms with Crippen LogP contribution in [0.15, 0.2) is 504 Å². The second-order valence-corrected chi connectivity index (χ2v) is 36.5. The van der Waals surface area contributed by atoms with Gasteiger partial charge in [0, 0.05) is 95.4 Å². The number of hydrogen-bond donors (Lipinski definition) is 0. The average molecular weight is 1860 g/mol. The molecule has 29 aromatic rings. The van der Waals surface area contributed by atoms with Crippen molar-refractivity contribution in [1.29, 1.82) is 0 Å². The van der Waals surface area contributed by atoms with Crippen LogP contribution in [-0.4, -0.2) is 66.4 Å². The van der Waals surface area contributed by atoms with Crippen LogP contribution in [0.4, 0.5) is 0 Å². The summed E-state index contributed by atoms with van der Waals surface area (Å²) in [6.45, 7) is 2.17. The number of nitrogens with zero attached hydrogens (tertiary/aromatic N) is 14. The van der Waals surface area contributed by atoms with E-state index in [1.807, 2.05) is 121 Å². The Bertz CT molecular complexity index is 9910. The van der Waals surface area contributed by atoms with E-state index in [1.54, 1.807) is 0 Å². The van der Waals surface area contributed by atoms with E-state index in [-0.39, 0.29) is 0 Å². The van der Waals surface area contributed by atoms with Gasteiger partial charge in [0.15, 0.2) is 34.9 Å². The molecule has 9 aromatic heterocycles. The molecule has 0 N–H and O–H groups in total. The van der Waals surface area contributed by atoms with Gasteiger partial charge in [0.1, 0.15) is 22.8 Å². The molecule has 20 aromatic carbocycles. The third-order valence-electron chi connectivity index (χ3n) is 28.2. The molecule has 0 aliphatic rings. The van der Waals surface area contributed by atoms with Crippen LogP contribution in [0.1, 0.15) is 12.7 Å². The highest BCUT2D eigenvalue weighted by Crippen LogP contribution is 2.49. The monoisotopic (exact) mass is 1860 g/mol. The molecule has 29 rings (SSSR count). The summed E-state index contributed by atoms with van der Waals surface area (Å²) in [6.07, 6.45) is 0.873. The molecule has 0 aliphatic carbocycles. The molecule has 14 heteroatoms. The Morgan fingerprint density at radius 2 is 0.407 bits per heavy atom. The fourth-order valence-electron chi connectivity index (χ4n) is 21.8. The third kappa shape index (κ3) is 14.4.